The highest BCUT2D eigenvalue weighted by Gasteiger charge is 2.35. The lowest BCUT2D eigenvalue weighted by atomic mass is 9.83. The van der Waals surface area contributed by atoms with Crippen molar-refractivity contribution in [3.63, 3.8) is 0 Å². The van der Waals surface area contributed by atoms with E-state index in [1.165, 1.54) is 19.9 Å². The zero-order valence-corrected chi connectivity index (χ0v) is 16.2. The maximum absolute atomic E-state index is 12.5. The van der Waals surface area contributed by atoms with E-state index in [9.17, 15) is 19.6 Å². The van der Waals surface area contributed by atoms with Crippen molar-refractivity contribution >= 4 is 23.9 Å². The molecule has 0 spiro atoms. The normalized spacial score (nSPS) is 17.0. The first kappa shape index (κ1) is 21.2. The Morgan fingerprint density at radius 1 is 1.18 bits per heavy atom. The molecular formula is C21H25N3O4. The van der Waals surface area contributed by atoms with E-state index in [4.69, 9.17) is 4.74 Å². The summed E-state index contributed by atoms with van der Waals surface area (Å²) in [7, 11) is 0. The van der Waals surface area contributed by atoms with Crippen LogP contribution in [0.1, 0.15) is 51.5 Å². The molecule has 0 aromatic heterocycles. The average molecular weight is 383 g/mol. The Morgan fingerprint density at radius 2 is 1.82 bits per heavy atom. The number of amides is 2. The Kier molecular flexibility index (Phi) is 7.33. The topological polar surface area (TPSA) is 108 Å². The van der Waals surface area contributed by atoms with Crippen molar-refractivity contribution in [1.29, 1.82) is 5.26 Å². The van der Waals surface area contributed by atoms with Crippen LogP contribution in [0.25, 0.3) is 6.08 Å². The van der Waals surface area contributed by atoms with Crippen molar-refractivity contribution in [3.05, 3.63) is 41.6 Å². The van der Waals surface area contributed by atoms with Crippen LogP contribution < -0.4 is 10.6 Å². The maximum Gasteiger partial charge on any atom is 0.355 e. The fraction of sp³-hybridized carbons (Fsp3) is 0.429. The van der Waals surface area contributed by atoms with E-state index in [1.807, 2.05) is 6.07 Å². The summed E-state index contributed by atoms with van der Waals surface area (Å²) in [6.45, 7) is 2.72. The van der Waals surface area contributed by atoms with E-state index in [-0.39, 0.29) is 5.70 Å². The van der Waals surface area contributed by atoms with Gasteiger partial charge in [0, 0.05) is 6.92 Å². The lowest BCUT2D eigenvalue weighted by Gasteiger charge is -2.32. The molecule has 1 saturated carbocycles. The van der Waals surface area contributed by atoms with Gasteiger partial charge < -0.3 is 15.4 Å². The van der Waals surface area contributed by atoms with E-state index in [2.05, 4.69) is 16.7 Å². The monoisotopic (exact) mass is 383 g/mol. The lowest BCUT2D eigenvalue weighted by molar-refractivity contribution is -0.152. The molecule has 7 heteroatoms. The molecule has 1 aliphatic rings. The number of hydrogen-bond acceptors (Lipinski definition) is 5. The van der Waals surface area contributed by atoms with Gasteiger partial charge in [-0.15, -0.1) is 0 Å². The Labute approximate surface area is 164 Å². The summed E-state index contributed by atoms with van der Waals surface area (Å²) >= 11 is 0. The van der Waals surface area contributed by atoms with Crippen molar-refractivity contribution in [1.82, 2.24) is 10.6 Å². The molecular weight excluding hydrogens is 358 g/mol. The number of hydrogen-bond donors (Lipinski definition) is 2. The summed E-state index contributed by atoms with van der Waals surface area (Å²) in [5.41, 5.74) is -0.270. The van der Waals surface area contributed by atoms with Gasteiger partial charge in [0.2, 0.25) is 5.91 Å². The Hall–Kier alpha value is -3.14. The molecule has 2 rings (SSSR count). The van der Waals surface area contributed by atoms with Crippen LogP contribution in [-0.2, 0) is 19.1 Å². The smallest absolute Gasteiger partial charge is 0.355 e. The van der Waals surface area contributed by atoms with Gasteiger partial charge in [0.15, 0.2) is 6.10 Å². The molecule has 1 aromatic carbocycles. The average Bonchev–Trinajstić information content (AvgIpc) is 2.68. The molecule has 1 unspecified atom stereocenters. The zero-order chi connectivity index (χ0) is 20.6. The quantitative estimate of drug-likeness (QED) is 0.579. The maximum atomic E-state index is 12.5. The van der Waals surface area contributed by atoms with Crippen LogP contribution in [0, 0.1) is 11.3 Å². The third-order valence-corrected chi connectivity index (χ3v) is 4.58. The van der Waals surface area contributed by atoms with Crippen molar-refractivity contribution < 1.29 is 19.1 Å². The van der Waals surface area contributed by atoms with Gasteiger partial charge in [-0.2, -0.15) is 5.26 Å². The van der Waals surface area contributed by atoms with Gasteiger partial charge in [0.1, 0.15) is 11.2 Å². The van der Waals surface area contributed by atoms with Gasteiger partial charge in [-0.1, -0.05) is 49.6 Å². The molecule has 1 aromatic rings. The second-order valence-electron chi connectivity index (χ2n) is 6.94. The number of benzene rings is 1. The van der Waals surface area contributed by atoms with E-state index in [0.717, 1.165) is 19.3 Å². The van der Waals surface area contributed by atoms with Gasteiger partial charge in [-0.25, -0.2) is 4.79 Å². The van der Waals surface area contributed by atoms with Gasteiger partial charge in [0.05, 0.1) is 6.07 Å². The van der Waals surface area contributed by atoms with Crippen LogP contribution in [0.2, 0.25) is 0 Å². The van der Waals surface area contributed by atoms with Crippen LogP contribution in [0.4, 0.5) is 0 Å². The predicted octanol–water partition coefficient (Wildman–Crippen LogP) is 2.44. The second kappa shape index (κ2) is 9.70. The molecule has 0 aliphatic heterocycles. The highest BCUT2D eigenvalue weighted by atomic mass is 16.5. The molecule has 1 fully saturated rings. The SMILES string of the molecule is CC(=O)NC(=Cc1ccccc1)C(=O)OC(C)C(=O)NC1(C#N)CCCCC1. The minimum Gasteiger partial charge on any atom is -0.448 e. The van der Waals surface area contributed by atoms with Crippen molar-refractivity contribution in [3.8, 4) is 6.07 Å². The molecule has 2 N–H and O–H groups in total. The number of carbonyl (C=O) groups excluding carboxylic acids is 3. The highest BCUT2D eigenvalue weighted by molar-refractivity contribution is 5.98. The fourth-order valence-electron chi connectivity index (χ4n) is 3.09. The second-order valence-corrected chi connectivity index (χ2v) is 6.94. The largest absolute Gasteiger partial charge is 0.448 e. The minimum absolute atomic E-state index is 0.0639. The standard InChI is InChI=1S/C21H25N3O4/c1-15(19(26)24-21(14-22)11-7-4-8-12-21)28-20(27)18(23-16(2)25)13-17-9-5-3-6-10-17/h3,5-6,9-10,13,15H,4,7-8,11-12H2,1-2H3,(H,23,25)(H,24,26). The highest BCUT2D eigenvalue weighted by Crippen LogP contribution is 2.27. The number of carbonyl (C=O) groups is 3. The van der Waals surface area contributed by atoms with E-state index >= 15 is 0 Å². The van der Waals surface area contributed by atoms with Gasteiger partial charge in [0.25, 0.3) is 5.91 Å². The molecule has 0 radical (unpaired) electrons. The van der Waals surface area contributed by atoms with Crippen LogP contribution in [-0.4, -0.2) is 29.4 Å². The number of rotatable bonds is 6. The molecule has 0 bridgehead atoms. The molecule has 7 nitrogen and oxygen atoms in total. The third kappa shape index (κ3) is 5.95. The zero-order valence-electron chi connectivity index (χ0n) is 16.2. The minimum atomic E-state index is -1.10. The number of ether oxygens (including phenoxy) is 1. The molecule has 28 heavy (non-hydrogen) atoms. The number of nitriles is 1. The molecule has 0 saturated heterocycles. The van der Waals surface area contributed by atoms with Gasteiger partial charge in [-0.05, 0) is 31.4 Å². The van der Waals surface area contributed by atoms with E-state index in [1.54, 1.807) is 24.3 Å². The van der Waals surface area contributed by atoms with Crippen LogP contribution in [0.5, 0.6) is 0 Å². The summed E-state index contributed by atoms with van der Waals surface area (Å²) < 4.78 is 5.24. The van der Waals surface area contributed by atoms with Crippen molar-refractivity contribution in [2.24, 2.45) is 0 Å². The molecule has 1 atom stereocenters. The van der Waals surface area contributed by atoms with Crippen molar-refractivity contribution in [2.75, 3.05) is 0 Å². The molecule has 148 valence electrons. The summed E-state index contributed by atoms with van der Waals surface area (Å²) in [4.78, 5) is 36.4. The first-order chi connectivity index (χ1) is 13.3. The third-order valence-electron chi connectivity index (χ3n) is 4.58. The Balaban J connectivity index is 2.07. The van der Waals surface area contributed by atoms with Crippen LogP contribution in [0.15, 0.2) is 36.0 Å². The van der Waals surface area contributed by atoms with Crippen molar-refractivity contribution in [2.45, 2.75) is 57.6 Å². The summed E-state index contributed by atoms with van der Waals surface area (Å²) in [6, 6.07) is 11.2. The lowest BCUT2D eigenvalue weighted by Crippen LogP contribution is -2.52. The van der Waals surface area contributed by atoms with Gasteiger partial charge in [-0.3, -0.25) is 9.59 Å². The molecule has 2 amide bonds. The number of nitrogens with one attached hydrogen (secondary N) is 2. The Bertz CT molecular complexity index is 790. The van der Waals surface area contributed by atoms with Crippen LogP contribution in [0.3, 0.4) is 0 Å². The fourth-order valence-corrected chi connectivity index (χ4v) is 3.09. The molecule has 1 aliphatic carbocycles. The van der Waals surface area contributed by atoms with Gasteiger partial charge >= 0.3 is 5.97 Å². The Morgan fingerprint density at radius 3 is 2.39 bits per heavy atom. The first-order valence-electron chi connectivity index (χ1n) is 9.34. The van der Waals surface area contributed by atoms with E-state index in [0.29, 0.717) is 18.4 Å². The summed E-state index contributed by atoms with van der Waals surface area (Å²) in [5, 5.41) is 14.6. The molecule has 0 heterocycles. The summed E-state index contributed by atoms with van der Waals surface area (Å²) in [6.07, 6.45) is 4.32. The number of nitrogens with zero attached hydrogens (tertiary/aromatic N) is 1. The number of esters is 1. The van der Waals surface area contributed by atoms with Crippen LogP contribution >= 0.6 is 0 Å². The predicted molar refractivity (Wildman–Crippen MR) is 103 cm³/mol. The summed E-state index contributed by atoms with van der Waals surface area (Å²) in [5.74, 6) is -1.78. The first-order valence-corrected chi connectivity index (χ1v) is 9.34. The van der Waals surface area contributed by atoms with E-state index < -0.39 is 29.4 Å².